The van der Waals surface area contributed by atoms with Crippen molar-refractivity contribution < 1.29 is 0 Å². The molecule has 0 radical (unpaired) electrons. The molecule has 0 unspecified atom stereocenters. The smallest absolute Gasteiger partial charge is 0.191 e. The Labute approximate surface area is 68.3 Å². The van der Waals surface area contributed by atoms with Crippen molar-refractivity contribution in [3.8, 4) is 0 Å². The van der Waals surface area contributed by atoms with Gasteiger partial charge in [-0.2, -0.15) is 0 Å². The molecule has 1 rings (SSSR count). The van der Waals surface area contributed by atoms with E-state index in [4.69, 9.17) is 5.73 Å². The summed E-state index contributed by atoms with van der Waals surface area (Å²) >= 11 is 0. The van der Waals surface area contributed by atoms with Crippen LogP contribution in [0.15, 0.2) is 4.99 Å². The van der Waals surface area contributed by atoms with Crippen molar-refractivity contribution in [2.45, 2.75) is 32.2 Å². The Kier molecular flexibility index (Phi) is 2.07. The number of guanidine groups is 1. The Morgan fingerprint density at radius 2 is 2.18 bits per heavy atom. The first-order valence-corrected chi connectivity index (χ1v) is 4.08. The summed E-state index contributed by atoms with van der Waals surface area (Å²) < 4.78 is 0. The fourth-order valence-electron chi connectivity index (χ4n) is 1.65. The first-order chi connectivity index (χ1) is 5.08. The summed E-state index contributed by atoms with van der Waals surface area (Å²) in [7, 11) is 1.74. The van der Waals surface area contributed by atoms with Crippen LogP contribution in [0.25, 0.3) is 0 Å². The van der Waals surface area contributed by atoms with E-state index < -0.39 is 0 Å². The van der Waals surface area contributed by atoms with Gasteiger partial charge in [0.15, 0.2) is 5.96 Å². The number of aliphatic imine (C=N–C) groups is 1. The highest BCUT2D eigenvalue weighted by molar-refractivity contribution is 5.79. The number of hydrogen-bond acceptors (Lipinski definition) is 1. The zero-order valence-electron chi connectivity index (χ0n) is 7.59. The second-order valence-electron chi connectivity index (χ2n) is 3.65. The summed E-state index contributed by atoms with van der Waals surface area (Å²) in [5.74, 6) is 0.674. The Morgan fingerprint density at radius 3 is 2.55 bits per heavy atom. The second-order valence-corrected chi connectivity index (χ2v) is 3.65. The predicted molar refractivity (Wildman–Crippen MR) is 47.6 cm³/mol. The summed E-state index contributed by atoms with van der Waals surface area (Å²) in [6.07, 6.45) is 2.44. The highest BCUT2D eigenvalue weighted by Crippen LogP contribution is 2.27. The van der Waals surface area contributed by atoms with E-state index in [2.05, 4.69) is 23.7 Å². The normalized spacial score (nSPS) is 24.3. The van der Waals surface area contributed by atoms with Gasteiger partial charge in [0.1, 0.15) is 0 Å². The van der Waals surface area contributed by atoms with Gasteiger partial charge in [0, 0.05) is 19.1 Å². The Morgan fingerprint density at radius 1 is 1.55 bits per heavy atom. The Bertz CT molecular complexity index is 172. The standard InChI is InChI=1S/C8H17N3/c1-8(2)5-4-6-11(8)7(9)10-3/h4-6H2,1-3H3,(H2,9,10). The van der Waals surface area contributed by atoms with Crippen LogP contribution < -0.4 is 5.73 Å². The topological polar surface area (TPSA) is 41.6 Å². The zero-order chi connectivity index (χ0) is 8.48. The van der Waals surface area contributed by atoms with Crippen LogP contribution in [0.4, 0.5) is 0 Å². The fourth-order valence-corrected chi connectivity index (χ4v) is 1.65. The van der Waals surface area contributed by atoms with E-state index in [1.807, 2.05) is 0 Å². The second kappa shape index (κ2) is 2.72. The Hall–Kier alpha value is -0.730. The lowest BCUT2D eigenvalue weighted by Gasteiger charge is -2.32. The van der Waals surface area contributed by atoms with Gasteiger partial charge in [-0.1, -0.05) is 0 Å². The molecular formula is C8H17N3. The van der Waals surface area contributed by atoms with Gasteiger partial charge in [0.05, 0.1) is 0 Å². The lowest BCUT2D eigenvalue weighted by Crippen LogP contribution is -2.46. The average Bonchev–Trinajstić information content (AvgIpc) is 2.28. The molecule has 11 heavy (non-hydrogen) atoms. The number of nitrogens with zero attached hydrogens (tertiary/aromatic N) is 2. The van der Waals surface area contributed by atoms with Gasteiger partial charge in [-0.15, -0.1) is 0 Å². The van der Waals surface area contributed by atoms with Crippen LogP contribution in [0.5, 0.6) is 0 Å². The minimum atomic E-state index is 0.212. The third-order valence-electron chi connectivity index (χ3n) is 2.41. The summed E-state index contributed by atoms with van der Waals surface area (Å²) in [6, 6.07) is 0. The molecule has 64 valence electrons. The lowest BCUT2D eigenvalue weighted by molar-refractivity contribution is 0.279. The third-order valence-corrected chi connectivity index (χ3v) is 2.41. The van der Waals surface area contributed by atoms with E-state index in [1.54, 1.807) is 7.05 Å². The van der Waals surface area contributed by atoms with Gasteiger partial charge < -0.3 is 10.6 Å². The first kappa shape index (κ1) is 8.37. The van der Waals surface area contributed by atoms with Crippen LogP contribution in [-0.2, 0) is 0 Å². The SMILES string of the molecule is CN=C(N)N1CCCC1(C)C. The summed E-state index contributed by atoms with van der Waals surface area (Å²) in [5.41, 5.74) is 5.94. The van der Waals surface area contributed by atoms with E-state index in [-0.39, 0.29) is 5.54 Å². The number of likely N-dealkylation sites (tertiary alicyclic amines) is 1. The van der Waals surface area contributed by atoms with Crippen molar-refractivity contribution in [1.82, 2.24) is 4.90 Å². The van der Waals surface area contributed by atoms with Crippen molar-refractivity contribution in [1.29, 1.82) is 0 Å². The largest absolute Gasteiger partial charge is 0.370 e. The molecule has 0 aromatic carbocycles. The number of nitrogens with two attached hydrogens (primary N) is 1. The molecule has 0 spiro atoms. The minimum absolute atomic E-state index is 0.212. The van der Waals surface area contributed by atoms with E-state index >= 15 is 0 Å². The minimum Gasteiger partial charge on any atom is -0.370 e. The molecule has 0 bridgehead atoms. The van der Waals surface area contributed by atoms with E-state index in [0.717, 1.165) is 6.54 Å². The molecule has 3 heteroatoms. The van der Waals surface area contributed by atoms with E-state index in [9.17, 15) is 0 Å². The molecule has 1 fully saturated rings. The molecular weight excluding hydrogens is 138 g/mol. The van der Waals surface area contributed by atoms with Gasteiger partial charge >= 0.3 is 0 Å². The molecule has 1 heterocycles. The molecule has 0 aromatic rings. The number of hydrogen-bond donors (Lipinski definition) is 1. The molecule has 0 aliphatic carbocycles. The average molecular weight is 155 g/mol. The van der Waals surface area contributed by atoms with Crippen LogP contribution >= 0.6 is 0 Å². The maximum absolute atomic E-state index is 5.73. The fraction of sp³-hybridized carbons (Fsp3) is 0.875. The molecule has 2 N–H and O–H groups in total. The molecule has 3 nitrogen and oxygen atoms in total. The quantitative estimate of drug-likeness (QED) is 0.415. The molecule has 1 saturated heterocycles. The van der Waals surface area contributed by atoms with Crippen LogP contribution in [0.3, 0.4) is 0 Å². The lowest BCUT2D eigenvalue weighted by atomic mass is 10.0. The maximum Gasteiger partial charge on any atom is 0.191 e. The van der Waals surface area contributed by atoms with Crippen LogP contribution in [0, 0.1) is 0 Å². The van der Waals surface area contributed by atoms with Crippen molar-refractivity contribution in [3.05, 3.63) is 0 Å². The van der Waals surface area contributed by atoms with Crippen LogP contribution in [-0.4, -0.2) is 30.0 Å². The molecule has 0 saturated carbocycles. The monoisotopic (exact) mass is 155 g/mol. The summed E-state index contributed by atoms with van der Waals surface area (Å²) in [6.45, 7) is 5.46. The predicted octanol–water partition coefficient (Wildman–Crippen LogP) is 0.805. The molecule has 1 aliphatic heterocycles. The van der Waals surface area contributed by atoms with Crippen molar-refractivity contribution >= 4 is 5.96 Å². The Balaban J connectivity index is 2.73. The molecule has 1 aliphatic rings. The van der Waals surface area contributed by atoms with Crippen molar-refractivity contribution in [2.75, 3.05) is 13.6 Å². The van der Waals surface area contributed by atoms with Crippen LogP contribution in [0.2, 0.25) is 0 Å². The van der Waals surface area contributed by atoms with Gasteiger partial charge in [-0.05, 0) is 26.7 Å². The van der Waals surface area contributed by atoms with Gasteiger partial charge in [0.2, 0.25) is 0 Å². The zero-order valence-corrected chi connectivity index (χ0v) is 7.59. The third kappa shape index (κ3) is 1.47. The van der Waals surface area contributed by atoms with E-state index in [0.29, 0.717) is 5.96 Å². The highest BCUT2D eigenvalue weighted by atomic mass is 15.3. The summed E-state index contributed by atoms with van der Waals surface area (Å²) in [5, 5.41) is 0. The van der Waals surface area contributed by atoms with Crippen molar-refractivity contribution in [2.24, 2.45) is 10.7 Å². The first-order valence-electron chi connectivity index (χ1n) is 4.08. The van der Waals surface area contributed by atoms with Gasteiger partial charge in [-0.25, -0.2) is 0 Å². The van der Waals surface area contributed by atoms with Crippen LogP contribution in [0.1, 0.15) is 26.7 Å². The van der Waals surface area contributed by atoms with Crippen molar-refractivity contribution in [3.63, 3.8) is 0 Å². The van der Waals surface area contributed by atoms with Gasteiger partial charge in [-0.3, -0.25) is 4.99 Å². The summed E-state index contributed by atoms with van der Waals surface area (Å²) in [4.78, 5) is 6.16. The number of rotatable bonds is 0. The van der Waals surface area contributed by atoms with E-state index in [1.165, 1.54) is 12.8 Å². The highest BCUT2D eigenvalue weighted by Gasteiger charge is 2.32. The molecule has 0 atom stereocenters. The molecule has 0 amide bonds. The molecule has 0 aromatic heterocycles. The maximum atomic E-state index is 5.73. The van der Waals surface area contributed by atoms with Gasteiger partial charge in [0.25, 0.3) is 0 Å².